The van der Waals surface area contributed by atoms with Gasteiger partial charge in [0.2, 0.25) is 0 Å². The largest absolute Gasteiger partial charge is 0.469 e. The zero-order valence-corrected chi connectivity index (χ0v) is 16.6. The van der Waals surface area contributed by atoms with E-state index < -0.39 is 0 Å². The van der Waals surface area contributed by atoms with E-state index in [1.165, 1.54) is 52.6 Å². The summed E-state index contributed by atoms with van der Waals surface area (Å²) in [6, 6.07) is 0. The normalized spacial score (nSPS) is 12.3. The molecule has 0 unspecified atom stereocenters. The summed E-state index contributed by atoms with van der Waals surface area (Å²) in [4.78, 5) is 22.2. The molecular formula is C21H38O4. The molecule has 0 aliphatic rings. The fraction of sp³-hybridized carbons (Fsp3) is 0.810. The Morgan fingerprint density at radius 1 is 0.920 bits per heavy atom. The molecule has 0 radical (unpaired) electrons. The third-order valence-electron chi connectivity index (χ3n) is 4.26. The van der Waals surface area contributed by atoms with E-state index in [4.69, 9.17) is 4.74 Å². The molecule has 0 aliphatic heterocycles. The van der Waals surface area contributed by atoms with Gasteiger partial charge in [0.05, 0.1) is 7.11 Å². The Kier molecular flexibility index (Phi) is 16.6. The van der Waals surface area contributed by atoms with Crippen LogP contribution in [0.15, 0.2) is 12.2 Å². The Labute approximate surface area is 154 Å². The lowest BCUT2D eigenvalue weighted by Crippen LogP contribution is -2.15. The van der Waals surface area contributed by atoms with Crippen LogP contribution in [-0.4, -0.2) is 25.2 Å². The van der Waals surface area contributed by atoms with Gasteiger partial charge in [0.1, 0.15) is 6.10 Å². The average Bonchev–Trinajstić information content (AvgIpc) is 2.59. The number of ether oxygens (including phenoxy) is 2. The topological polar surface area (TPSA) is 52.6 Å². The van der Waals surface area contributed by atoms with Gasteiger partial charge in [0.25, 0.3) is 0 Å². The lowest BCUT2D eigenvalue weighted by molar-refractivity contribution is -0.146. The number of esters is 2. The summed E-state index contributed by atoms with van der Waals surface area (Å²) in [5.74, 6) is -0.291. The number of hydrogen-bond acceptors (Lipinski definition) is 4. The van der Waals surface area contributed by atoms with Crippen molar-refractivity contribution in [3.05, 3.63) is 12.2 Å². The van der Waals surface area contributed by atoms with Crippen molar-refractivity contribution >= 4 is 11.9 Å². The van der Waals surface area contributed by atoms with Gasteiger partial charge >= 0.3 is 11.9 Å². The van der Waals surface area contributed by atoms with Gasteiger partial charge in [-0.2, -0.15) is 0 Å². The van der Waals surface area contributed by atoms with Crippen LogP contribution >= 0.6 is 0 Å². The van der Waals surface area contributed by atoms with E-state index in [0.29, 0.717) is 6.42 Å². The van der Waals surface area contributed by atoms with Gasteiger partial charge in [-0.25, -0.2) is 0 Å². The van der Waals surface area contributed by atoms with Crippen LogP contribution in [0, 0.1) is 0 Å². The third-order valence-corrected chi connectivity index (χ3v) is 4.26. The SMILES string of the molecule is CCCCCC[C@H](C/C=C/CCCCCCCC(=O)OC)OC(C)=O. The van der Waals surface area contributed by atoms with Crippen LogP contribution in [0.25, 0.3) is 0 Å². The minimum atomic E-state index is -0.180. The van der Waals surface area contributed by atoms with Crippen molar-refractivity contribution in [2.75, 3.05) is 7.11 Å². The Morgan fingerprint density at radius 2 is 1.60 bits per heavy atom. The Bertz CT molecular complexity index is 363. The summed E-state index contributed by atoms with van der Waals surface area (Å²) in [6.07, 6.45) is 18.1. The number of carbonyl (C=O) groups is 2. The third kappa shape index (κ3) is 17.3. The molecular weight excluding hydrogens is 316 g/mol. The molecule has 0 rings (SSSR count). The lowest BCUT2D eigenvalue weighted by atomic mass is 10.1. The molecule has 0 aromatic heterocycles. The minimum absolute atomic E-state index is 0.0314. The van der Waals surface area contributed by atoms with Crippen LogP contribution in [0.2, 0.25) is 0 Å². The number of unbranched alkanes of at least 4 members (excludes halogenated alkanes) is 8. The van der Waals surface area contributed by atoms with Crippen LogP contribution in [0.4, 0.5) is 0 Å². The quantitative estimate of drug-likeness (QED) is 0.201. The van der Waals surface area contributed by atoms with Crippen LogP contribution < -0.4 is 0 Å². The molecule has 4 heteroatoms. The summed E-state index contributed by atoms with van der Waals surface area (Å²) in [6.45, 7) is 3.69. The standard InChI is InChI=1S/C21H38O4/c1-4-5-6-13-16-20(25-19(2)22)17-14-11-9-7-8-10-12-15-18-21(23)24-3/h11,14,20H,4-10,12-13,15-18H2,1-3H3/b14-11+/t20-/m1/s1. The molecule has 0 aromatic carbocycles. The van der Waals surface area contributed by atoms with E-state index in [9.17, 15) is 9.59 Å². The second-order valence-electron chi connectivity index (χ2n) is 6.67. The molecule has 0 N–H and O–H groups in total. The van der Waals surface area contributed by atoms with E-state index in [1.54, 1.807) is 0 Å². The van der Waals surface area contributed by atoms with Gasteiger partial charge in [0, 0.05) is 19.8 Å². The Balaban J connectivity index is 3.68. The van der Waals surface area contributed by atoms with Crippen LogP contribution in [0.5, 0.6) is 0 Å². The zero-order valence-electron chi connectivity index (χ0n) is 16.6. The summed E-state index contributed by atoms with van der Waals surface area (Å²) in [7, 11) is 1.44. The predicted molar refractivity (Wildman–Crippen MR) is 102 cm³/mol. The molecule has 0 saturated carbocycles. The van der Waals surface area contributed by atoms with Crippen molar-refractivity contribution in [3.63, 3.8) is 0 Å². The molecule has 1 atom stereocenters. The molecule has 0 amide bonds. The summed E-state index contributed by atoms with van der Waals surface area (Å²) >= 11 is 0. The number of hydrogen-bond donors (Lipinski definition) is 0. The van der Waals surface area contributed by atoms with Crippen LogP contribution in [0.1, 0.15) is 97.3 Å². The van der Waals surface area contributed by atoms with Gasteiger partial charge < -0.3 is 9.47 Å². The fourth-order valence-corrected chi connectivity index (χ4v) is 2.79. The molecule has 0 heterocycles. The highest BCUT2D eigenvalue weighted by Gasteiger charge is 2.09. The summed E-state index contributed by atoms with van der Waals surface area (Å²) in [5.41, 5.74) is 0. The second kappa shape index (κ2) is 17.5. The van der Waals surface area contributed by atoms with Crippen molar-refractivity contribution in [2.24, 2.45) is 0 Å². The fourth-order valence-electron chi connectivity index (χ4n) is 2.79. The van der Waals surface area contributed by atoms with Gasteiger partial charge in [-0.3, -0.25) is 9.59 Å². The first-order chi connectivity index (χ1) is 12.1. The summed E-state index contributed by atoms with van der Waals surface area (Å²) < 4.78 is 10.0. The van der Waals surface area contributed by atoms with E-state index in [1.807, 2.05) is 0 Å². The Morgan fingerprint density at radius 3 is 2.28 bits per heavy atom. The smallest absolute Gasteiger partial charge is 0.305 e. The maximum absolute atomic E-state index is 11.2. The molecule has 0 spiro atoms. The first-order valence-electron chi connectivity index (χ1n) is 9.99. The number of allylic oxidation sites excluding steroid dienone is 1. The molecule has 0 fully saturated rings. The van der Waals surface area contributed by atoms with Crippen molar-refractivity contribution in [1.29, 1.82) is 0 Å². The number of methoxy groups -OCH3 is 1. The molecule has 0 saturated heterocycles. The van der Waals surface area contributed by atoms with Crippen LogP contribution in [0.3, 0.4) is 0 Å². The van der Waals surface area contributed by atoms with E-state index in [2.05, 4.69) is 23.8 Å². The molecule has 4 nitrogen and oxygen atoms in total. The highest BCUT2D eigenvalue weighted by atomic mass is 16.5. The van der Waals surface area contributed by atoms with Gasteiger partial charge in [0.15, 0.2) is 0 Å². The second-order valence-corrected chi connectivity index (χ2v) is 6.67. The van der Waals surface area contributed by atoms with Gasteiger partial charge in [-0.05, 0) is 32.1 Å². The number of rotatable bonds is 16. The van der Waals surface area contributed by atoms with Crippen molar-refractivity contribution in [3.8, 4) is 0 Å². The lowest BCUT2D eigenvalue weighted by Gasteiger charge is -2.15. The van der Waals surface area contributed by atoms with Gasteiger partial charge in [-0.1, -0.05) is 57.6 Å². The number of carbonyl (C=O) groups excluding carboxylic acids is 2. The Hall–Kier alpha value is -1.32. The van der Waals surface area contributed by atoms with Crippen LogP contribution in [-0.2, 0) is 19.1 Å². The first-order valence-corrected chi connectivity index (χ1v) is 9.99. The summed E-state index contributed by atoms with van der Waals surface area (Å²) in [5, 5.41) is 0. The maximum Gasteiger partial charge on any atom is 0.305 e. The van der Waals surface area contributed by atoms with E-state index >= 15 is 0 Å². The predicted octanol–water partition coefficient (Wildman–Crippen LogP) is 5.74. The molecule has 0 bridgehead atoms. The average molecular weight is 355 g/mol. The highest BCUT2D eigenvalue weighted by Crippen LogP contribution is 2.13. The van der Waals surface area contributed by atoms with Crippen molar-refractivity contribution in [2.45, 2.75) is 103 Å². The van der Waals surface area contributed by atoms with E-state index in [0.717, 1.165) is 38.5 Å². The zero-order chi connectivity index (χ0) is 18.8. The van der Waals surface area contributed by atoms with Crippen molar-refractivity contribution < 1.29 is 19.1 Å². The van der Waals surface area contributed by atoms with Gasteiger partial charge in [-0.15, -0.1) is 0 Å². The first kappa shape index (κ1) is 23.7. The molecule has 25 heavy (non-hydrogen) atoms. The molecule has 146 valence electrons. The minimum Gasteiger partial charge on any atom is -0.469 e. The van der Waals surface area contributed by atoms with Crippen molar-refractivity contribution in [1.82, 2.24) is 0 Å². The molecule has 0 aromatic rings. The molecule has 0 aliphatic carbocycles. The highest BCUT2D eigenvalue weighted by molar-refractivity contribution is 5.68. The maximum atomic E-state index is 11.2. The van der Waals surface area contributed by atoms with E-state index in [-0.39, 0.29) is 18.0 Å². The monoisotopic (exact) mass is 354 g/mol.